The smallest absolute Gasteiger partial charge is 0.0621 e. The Morgan fingerprint density at radius 3 is 2.67 bits per heavy atom. The first-order chi connectivity index (χ1) is 8.50. The van der Waals surface area contributed by atoms with E-state index in [4.69, 9.17) is 22.1 Å². The van der Waals surface area contributed by atoms with Gasteiger partial charge in [0.05, 0.1) is 17.2 Å². The first-order valence-corrected chi connectivity index (χ1v) is 6.88. The molecule has 5 atom stereocenters. The molecule has 2 N–H and O–H groups in total. The maximum Gasteiger partial charge on any atom is 0.0621 e. The van der Waals surface area contributed by atoms with Crippen molar-refractivity contribution >= 4 is 11.6 Å². The second-order valence-corrected chi connectivity index (χ2v) is 5.73. The van der Waals surface area contributed by atoms with Crippen LogP contribution in [0.4, 0.5) is 0 Å². The summed E-state index contributed by atoms with van der Waals surface area (Å²) in [6.45, 7) is 6.44. The van der Waals surface area contributed by atoms with Crippen LogP contribution in [-0.4, -0.2) is 23.2 Å². The highest BCUT2D eigenvalue weighted by Crippen LogP contribution is 2.35. The predicted octanol–water partition coefficient (Wildman–Crippen LogP) is 2.66. The molecule has 2 heterocycles. The Morgan fingerprint density at radius 1 is 1.39 bits per heavy atom. The Labute approximate surface area is 114 Å². The van der Waals surface area contributed by atoms with Crippen molar-refractivity contribution in [2.45, 2.75) is 45.4 Å². The van der Waals surface area contributed by atoms with E-state index in [0.29, 0.717) is 16.9 Å². The summed E-state index contributed by atoms with van der Waals surface area (Å²) in [6, 6.07) is 2.01. The molecule has 2 rings (SSSR count). The van der Waals surface area contributed by atoms with Crippen LogP contribution in [0.5, 0.6) is 0 Å². The Kier molecular flexibility index (Phi) is 4.25. The van der Waals surface area contributed by atoms with Gasteiger partial charge in [-0.1, -0.05) is 18.5 Å². The van der Waals surface area contributed by atoms with Gasteiger partial charge in [-0.3, -0.25) is 4.98 Å². The van der Waals surface area contributed by atoms with Crippen molar-refractivity contribution in [3.63, 3.8) is 0 Å². The number of nitrogens with two attached hydrogens (primary N) is 1. The summed E-state index contributed by atoms with van der Waals surface area (Å²) in [7, 11) is 0. The minimum Gasteiger partial charge on any atom is -0.375 e. The van der Waals surface area contributed by atoms with Crippen molar-refractivity contribution in [2.24, 2.45) is 17.6 Å². The normalized spacial score (nSPS) is 33.6. The van der Waals surface area contributed by atoms with Gasteiger partial charge in [0.1, 0.15) is 0 Å². The second-order valence-electron chi connectivity index (χ2n) is 5.32. The van der Waals surface area contributed by atoms with Crippen molar-refractivity contribution in [1.82, 2.24) is 4.98 Å². The number of nitrogens with zero attached hydrogens (tertiary/aromatic N) is 1. The van der Waals surface area contributed by atoms with E-state index in [1.54, 1.807) is 12.4 Å². The van der Waals surface area contributed by atoms with E-state index < -0.39 is 0 Å². The molecular weight excluding hydrogens is 248 g/mol. The zero-order valence-electron chi connectivity index (χ0n) is 11.1. The van der Waals surface area contributed by atoms with Crippen LogP contribution >= 0.6 is 11.6 Å². The van der Waals surface area contributed by atoms with Crippen molar-refractivity contribution < 1.29 is 4.74 Å². The number of pyridine rings is 1. The third-order valence-corrected chi connectivity index (χ3v) is 4.47. The molecule has 0 aromatic carbocycles. The average molecular weight is 269 g/mol. The first-order valence-electron chi connectivity index (χ1n) is 6.50. The number of hydrogen-bond acceptors (Lipinski definition) is 3. The minimum atomic E-state index is 0.0693. The van der Waals surface area contributed by atoms with Gasteiger partial charge in [-0.2, -0.15) is 0 Å². The lowest BCUT2D eigenvalue weighted by molar-refractivity contribution is 0.0490. The van der Waals surface area contributed by atoms with Crippen LogP contribution in [0.2, 0.25) is 5.02 Å². The molecule has 1 fully saturated rings. The van der Waals surface area contributed by atoms with E-state index in [0.717, 1.165) is 12.0 Å². The van der Waals surface area contributed by atoms with Crippen LogP contribution in [0.15, 0.2) is 18.5 Å². The van der Waals surface area contributed by atoms with Gasteiger partial charge in [-0.15, -0.1) is 0 Å². The third-order valence-electron chi connectivity index (χ3n) is 4.13. The van der Waals surface area contributed by atoms with Crippen molar-refractivity contribution in [1.29, 1.82) is 0 Å². The summed E-state index contributed by atoms with van der Waals surface area (Å²) in [6.07, 6.45) is 4.70. The molecule has 100 valence electrons. The molecule has 0 spiro atoms. The van der Waals surface area contributed by atoms with Crippen molar-refractivity contribution in [2.75, 3.05) is 0 Å². The van der Waals surface area contributed by atoms with E-state index in [2.05, 4.69) is 25.8 Å². The Bertz CT molecular complexity index is 413. The molecule has 4 heteroatoms. The topological polar surface area (TPSA) is 48.1 Å². The van der Waals surface area contributed by atoms with Gasteiger partial charge >= 0.3 is 0 Å². The second kappa shape index (κ2) is 5.55. The fourth-order valence-corrected chi connectivity index (χ4v) is 3.19. The summed E-state index contributed by atoms with van der Waals surface area (Å²) in [5.41, 5.74) is 7.43. The number of halogens is 1. The van der Waals surface area contributed by atoms with E-state index in [1.807, 2.05) is 6.07 Å². The van der Waals surface area contributed by atoms with Gasteiger partial charge in [0.25, 0.3) is 0 Å². The standard InChI is InChI=1S/C14H21ClN2O/c1-8-9(2)18-10(3)14(8)13(16)6-11-4-5-17-7-12(11)15/h4-5,7-10,13-14H,6,16H2,1-3H3. The highest BCUT2D eigenvalue weighted by molar-refractivity contribution is 6.31. The van der Waals surface area contributed by atoms with E-state index >= 15 is 0 Å². The molecule has 18 heavy (non-hydrogen) atoms. The van der Waals surface area contributed by atoms with E-state index in [-0.39, 0.29) is 18.2 Å². The van der Waals surface area contributed by atoms with Crippen LogP contribution in [0, 0.1) is 11.8 Å². The molecule has 1 aliphatic rings. The lowest BCUT2D eigenvalue weighted by Gasteiger charge is -2.26. The summed E-state index contributed by atoms with van der Waals surface area (Å²) in [4.78, 5) is 3.99. The summed E-state index contributed by atoms with van der Waals surface area (Å²) >= 11 is 6.13. The lowest BCUT2D eigenvalue weighted by Crippen LogP contribution is -2.39. The fraction of sp³-hybridized carbons (Fsp3) is 0.643. The average Bonchev–Trinajstić information content (AvgIpc) is 2.56. The summed E-state index contributed by atoms with van der Waals surface area (Å²) < 4.78 is 5.85. The SMILES string of the molecule is CC1OC(C)C(C(N)Cc2ccncc2Cl)C1C. The Morgan fingerprint density at radius 2 is 2.11 bits per heavy atom. The number of ether oxygens (including phenoxy) is 1. The molecule has 1 aliphatic heterocycles. The molecule has 0 aliphatic carbocycles. The number of rotatable bonds is 3. The van der Waals surface area contributed by atoms with Crippen molar-refractivity contribution in [3.8, 4) is 0 Å². The number of aromatic nitrogens is 1. The molecule has 1 aromatic rings. The number of hydrogen-bond donors (Lipinski definition) is 1. The van der Waals surface area contributed by atoms with Crippen LogP contribution in [0.3, 0.4) is 0 Å². The van der Waals surface area contributed by atoms with Crippen LogP contribution < -0.4 is 5.73 Å². The summed E-state index contributed by atoms with van der Waals surface area (Å²) in [5.74, 6) is 0.861. The molecular formula is C14H21ClN2O. The molecule has 0 amide bonds. The van der Waals surface area contributed by atoms with Gasteiger partial charge < -0.3 is 10.5 Å². The predicted molar refractivity (Wildman–Crippen MR) is 73.6 cm³/mol. The quantitative estimate of drug-likeness (QED) is 0.917. The zero-order chi connectivity index (χ0) is 13.3. The lowest BCUT2D eigenvalue weighted by atomic mass is 9.81. The van der Waals surface area contributed by atoms with Gasteiger partial charge in [-0.05, 0) is 37.8 Å². The maximum atomic E-state index is 6.36. The zero-order valence-corrected chi connectivity index (χ0v) is 11.9. The largest absolute Gasteiger partial charge is 0.375 e. The third kappa shape index (κ3) is 2.68. The molecule has 0 bridgehead atoms. The summed E-state index contributed by atoms with van der Waals surface area (Å²) in [5, 5.41) is 0.695. The molecule has 0 radical (unpaired) electrons. The Hall–Kier alpha value is -0.640. The molecule has 1 saturated heterocycles. The van der Waals surface area contributed by atoms with Crippen LogP contribution in [0.25, 0.3) is 0 Å². The van der Waals surface area contributed by atoms with E-state index in [9.17, 15) is 0 Å². The molecule has 3 nitrogen and oxygen atoms in total. The van der Waals surface area contributed by atoms with Gasteiger partial charge in [0, 0.05) is 24.4 Å². The van der Waals surface area contributed by atoms with Gasteiger partial charge in [0.15, 0.2) is 0 Å². The van der Waals surface area contributed by atoms with Gasteiger partial charge in [-0.25, -0.2) is 0 Å². The highest BCUT2D eigenvalue weighted by Gasteiger charge is 2.40. The molecule has 1 aromatic heterocycles. The van der Waals surface area contributed by atoms with Crippen LogP contribution in [-0.2, 0) is 11.2 Å². The molecule has 5 unspecified atom stereocenters. The van der Waals surface area contributed by atoms with Crippen molar-refractivity contribution in [3.05, 3.63) is 29.0 Å². The minimum absolute atomic E-state index is 0.0693. The Balaban J connectivity index is 2.08. The monoisotopic (exact) mass is 268 g/mol. The van der Waals surface area contributed by atoms with E-state index in [1.165, 1.54) is 0 Å². The highest BCUT2D eigenvalue weighted by atomic mass is 35.5. The van der Waals surface area contributed by atoms with Crippen LogP contribution in [0.1, 0.15) is 26.3 Å². The fourth-order valence-electron chi connectivity index (χ4n) is 2.99. The first kappa shape index (κ1) is 13.8. The maximum absolute atomic E-state index is 6.36. The van der Waals surface area contributed by atoms with Gasteiger partial charge in [0.2, 0.25) is 0 Å². The molecule has 0 saturated carbocycles.